The number of aryl methyl sites for hydroxylation is 1. The molecule has 28 heavy (non-hydrogen) atoms. The van der Waals surface area contributed by atoms with E-state index in [0.29, 0.717) is 25.1 Å². The number of aliphatic carboxylic acids is 1. The maximum atomic E-state index is 12.3. The van der Waals surface area contributed by atoms with Gasteiger partial charge in [-0.25, -0.2) is 4.79 Å². The summed E-state index contributed by atoms with van der Waals surface area (Å²) in [7, 11) is 0. The number of hydrogen-bond acceptors (Lipinski definition) is 3. The third-order valence-electron chi connectivity index (χ3n) is 4.64. The lowest BCUT2D eigenvalue weighted by Crippen LogP contribution is -2.27. The number of ether oxygens (including phenoxy) is 1. The molecule has 0 aliphatic rings. The summed E-state index contributed by atoms with van der Waals surface area (Å²) in [6.45, 7) is 2.30. The van der Waals surface area contributed by atoms with Crippen LogP contribution in [0.5, 0.6) is 5.75 Å². The summed E-state index contributed by atoms with van der Waals surface area (Å²) in [6, 6.07) is 13.4. The van der Waals surface area contributed by atoms with E-state index in [9.17, 15) is 9.59 Å². The highest BCUT2D eigenvalue weighted by molar-refractivity contribution is 5.90. The van der Waals surface area contributed by atoms with Gasteiger partial charge in [0.05, 0.1) is 6.42 Å². The topological polar surface area (TPSA) is 91.4 Å². The molecule has 1 aromatic heterocycles. The SMILES string of the molecule is CCc1cccc2c(CC(=O)NCCc3ccc(OCC(=O)O)cc3)c[nH]c12. The third kappa shape index (κ3) is 4.91. The number of rotatable bonds is 9. The van der Waals surface area contributed by atoms with Crippen molar-refractivity contribution in [3.05, 3.63) is 65.4 Å². The number of H-pyrrole nitrogens is 1. The Balaban J connectivity index is 1.49. The first-order valence-corrected chi connectivity index (χ1v) is 9.35. The molecule has 6 heteroatoms. The fraction of sp³-hybridized carbons (Fsp3) is 0.273. The van der Waals surface area contributed by atoms with E-state index in [1.807, 2.05) is 30.5 Å². The molecule has 1 amide bonds. The Morgan fingerprint density at radius 1 is 1.11 bits per heavy atom. The van der Waals surface area contributed by atoms with Gasteiger partial charge in [0.1, 0.15) is 5.75 Å². The quantitative estimate of drug-likeness (QED) is 0.532. The number of para-hydroxylation sites is 1. The Morgan fingerprint density at radius 3 is 2.61 bits per heavy atom. The van der Waals surface area contributed by atoms with Crippen molar-refractivity contribution < 1.29 is 19.4 Å². The van der Waals surface area contributed by atoms with Crippen molar-refractivity contribution in [3.8, 4) is 5.75 Å². The van der Waals surface area contributed by atoms with Crippen molar-refractivity contribution >= 4 is 22.8 Å². The summed E-state index contributed by atoms with van der Waals surface area (Å²) in [6.07, 6.45) is 3.90. The molecule has 3 rings (SSSR count). The molecule has 0 saturated heterocycles. The Kier molecular flexibility index (Phi) is 6.32. The van der Waals surface area contributed by atoms with Crippen LogP contribution in [0.15, 0.2) is 48.7 Å². The van der Waals surface area contributed by atoms with Crippen LogP contribution >= 0.6 is 0 Å². The average molecular weight is 380 g/mol. The van der Waals surface area contributed by atoms with Crippen molar-refractivity contribution in [2.24, 2.45) is 0 Å². The number of benzene rings is 2. The lowest BCUT2D eigenvalue weighted by molar-refractivity contribution is -0.139. The molecule has 0 spiro atoms. The second-order valence-electron chi connectivity index (χ2n) is 6.61. The van der Waals surface area contributed by atoms with E-state index in [1.54, 1.807) is 12.1 Å². The van der Waals surface area contributed by atoms with Crippen LogP contribution in [0.4, 0.5) is 0 Å². The van der Waals surface area contributed by atoms with E-state index in [2.05, 4.69) is 23.3 Å². The second-order valence-corrected chi connectivity index (χ2v) is 6.61. The number of carbonyl (C=O) groups is 2. The third-order valence-corrected chi connectivity index (χ3v) is 4.64. The number of carboxylic acid groups (broad SMARTS) is 1. The number of aromatic amines is 1. The van der Waals surface area contributed by atoms with Crippen LogP contribution in [0.25, 0.3) is 10.9 Å². The highest BCUT2D eigenvalue weighted by Gasteiger charge is 2.10. The van der Waals surface area contributed by atoms with Crippen LogP contribution in [0.3, 0.4) is 0 Å². The number of hydrogen-bond donors (Lipinski definition) is 3. The normalized spacial score (nSPS) is 10.8. The van der Waals surface area contributed by atoms with E-state index in [-0.39, 0.29) is 12.5 Å². The summed E-state index contributed by atoms with van der Waals surface area (Å²) in [5, 5.41) is 12.7. The van der Waals surface area contributed by atoms with Crippen LogP contribution < -0.4 is 10.1 Å². The minimum atomic E-state index is -1.01. The molecule has 0 radical (unpaired) electrons. The van der Waals surface area contributed by atoms with Crippen molar-refractivity contribution in [2.75, 3.05) is 13.2 Å². The number of nitrogens with one attached hydrogen (secondary N) is 2. The van der Waals surface area contributed by atoms with E-state index >= 15 is 0 Å². The first kappa shape index (κ1) is 19.5. The fourth-order valence-corrected chi connectivity index (χ4v) is 3.20. The van der Waals surface area contributed by atoms with Gasteiger partial charge >= 0.3 is 5.97 Å². The minimum Gasteiger partial charge on any atom is -0.482 e. The molecule has 2 aromatic carbocycles. The van der Waals surface area contributed by atoms with Gasteiger partial charge < -0.3 is 20.1 Å². The minimum absolute atomic E-state index is 0.00999. The number of fused-ring (bicyclic) bond motifs is 1. The predicted octanol–water partition coefficient (Wildman–Crippen LogP) is 3.10. The Labute approximate surface area is 163 Å². The standard InChI is InChI=1S/C22H24N2O4/c1-2-16-4-3-5-19-17(13-24-22(16)19)12-20(25)23-11-10-15-6-8-18(9-7-15)28-14-21(26)27/h3-9,13,24H,2,10-12,14H2,1H3,(H,23,25)(H,26,27). The molecule has 0 saturated carbocycles. The van der Waals surface area contributed by atoms with Crippen molar-refractivity contribution in [2.45, 2.75) is 26.2 Å². The molecule has 1 heterocycles. The van der Waals surface area contributed by atoms with Crippen LogP contribution in [0.2, 0.25) is 0 Å². The first-order valence-electron chi connectivity index (χ1n) is 9.35. The monoisotopic (exact) mass is 380 g/mol. The largest absolute Gasteiger partial charge is 0.482 e. The average Bonchev–Trinajstić information content (AvgIpc) is 3.10. The molecule has 146 valence electrons. The first-order chi connectivity index (χ1) is 13.6. The number of carbonyl (C=O) groups excluding carboxylic acids is 1. The Hall–Kier alpha value is -3.28. The fourth-order valence-electron chi connectivity index (χ4n) is 3.20. The van der Waals surface area contributed by atoms with Crippen LogP contribution in [0.1, 0.15) is 23.6 Å². The van der Waals surface area contributed by atoms with Crippen LogP contribution in [-0.4, -0.2) is 35.1 Å². The molecule has 0 aliphatic carbocycles. The van der Waals surface area contributed by atoms with Gasteiger partial charge in [0.25, 0.3) is 0 Å². The maximum Gasteiger partial charge on any atom is 0.341 e. The number of carboxylic acids is 1. The lowest BCUT2D eigenvalue weighted by Gasteiger charge is -2.07. The van der Waals surface area contributed by atoms with E-state index in [4.69, 9.17) is 9.84 Å². The number of amides is 1. The van der Waals surface area contributed by atoms with E-state index in [1.165, 1.54) is 5.56 Å². The van der Waals surface area contributed by atoms with Gasteiger partial charge in [-0.05, 0) is 41.7 Å². The lowest BCUT2D eigenvalue weighted by atomic mass is 10.1. The van der Waals surface area contributed by atoms with Crippen molar-refractivity contribution in [1.82, 2.24) is 10.3 Å². The smallest absolute Gasteiger partial charge is 0.341 e. The Morgan fingerprint density at radius 2 is 1.89 bits per heavy atom. The predicted molar refractivity (Wildman–Crippen MR) is 108 cm³/mol. The zero-order valence-corrected chi connectivity index (χ0v) is 15.8. The summed E-state index contributed by atoms with van der Waals surface area (Å²) in [4.78, 5) is 26.1. The van der Waals surface area contributed by atoms with E-state index < -0.39 is 5.97 Å². The van der Waals surface area contributed by atoms with Crippen LogP contribution in [-0.2, 0) is 28.9 Å². The molecule has 6 nitrogen and oxygen atoms in total. The molecule has 3 aromatic rings. The molecular formula is C22H24N2O4. The van der Waals surface area contributed by atoms with Gasteiger partial charge in [-0.3, -0.25) is 4.79 Å². The van der Waals surface area contributed by atoms with Gasteiger partial charge in [-0.1, -0.05) is 37.3 Å². The zero-order valence-electron chi connectivity index (χ0n) is 15.8. The summed E-state index contributed by atoms with van der Waals surface area (Å²) >= 11 is 0. The number of aromatic nitrogens is 1. The summed E-state index contributed by atoms with van der Waals surface area (Å²) in [5.74, 6) is -0.502. The van der Waals surface area contributed by atoms with Gasteiger partial charge in [0.15, 0.2) is 6.61 Å². The van der Waals surface area contributed by atoms with Crippen LogP contribution in [0, 0.1) is 0 Å². The van der Waals surface area contributed by atoms with Crippen molar-refractivity contribution in [1.29, 1.82) is 0 Å². The van der Waals surface area contributed by atoms with Gasteiger partial charge in [0.2, 0.25) is 5.91 Å². The molecule has 0 bridgehead atoms. The van der Waals surface area contributed by atoms with Gasteiger partial charge in [0, 0.05) is 23.6 Å². The van der Waals surface area contributed by atoms with Gasteiger partial charge in [-0.15, -0.1) is 0 Å². The maximum absolute atomic E-state index is 12.3. The second kappa shape index (κ2) is 9.08. The highest BCUT2D eigenvalue weighted by atomic mass is 16.5. The van der Waals surface area contributed by atoms with Crippen molar-refractivity contribution in [3.63, 3.8) is 0 Å². The summed E-state index contributed by atoms with van der Waals surface area (Å²) in [5.41, 5.74) is 4.41. The van der Waals surface area contributed by atoms with Gasteiger partial charge in [-0.2, -0.15) is 0 Å². The summed E-state index contributed by atoms with van der Waals surface area (Å²) < 4.78 is 5.10. The molecule has 0 aliphatic heterocycles. The molecular weight excluding hydrogens is 356 g/mol. The molecule has 0 fully saturated rings. The highest BCUT2D eigenvalue weighted by Crippen LogP contribution is 2.22. The zero-order chi connectivity index (χ0) is 19.9. The molecule has 3 N–H and O–H groups in total. The molecule has 0 unspecified atom stereocenters. The Bertz CT molecular complexity index is 960. The molecule has 0 atom stereocenters. The van der Waals surface area contributed by atoms with E-state index in [0.717, 1.165) is 28.5 Å².